The van der Waals surface area contributed by atoms with Crippen LogP contribution in [0.5, 0.6) is 0 Å². The van der Waals surface area contributed by atoms with Crippen molar-refractivity contribution < 1.29 is 0 Å². The van der Waals surface area contributed by atoms with Gasteiger partial charge in [0.05, 0.1) is 6.20 Å². The number of nitrogens with two attached hydrogens (primary N) is 1. The Bertz CT molecular complexity index is 466. The fourth-order valence-corrected chi connectivity index (χ4v) is 0.792. The number of aromatic nitrogens is 2. The predicted molar refractivity (Wildman–Crippen MR) is 57.5 cm³/mol. The highest BCUT2D eigenvalue weighted by atomic mass is 14.9. The summed E-state index contributed by atoms with van der Waals surface area (Å²) in [6.07, 6.45) is 1.47. The molecule has 0 aliphatic rings. The number of hydrogen-bond donors (Lipinski definition) is 1. The van der Waals surface area contributed by atoms with E-state index in [2.05, 4.69) is 21.8 Å². The third-order valence-electron chi connectivity index (χ3n) is 1.47. The van der Waals surface area contributed by atoms with Gasteiger partial charge in [0, 0.05) is 5.41 Å². The van der Waals surface area contributed by atoms with Gasteiger partial charge in [0.25, 0.3) is 0 Å². The van der Waals surface area contributed by atoms with Gasteiger partial charge in [-0.1, -0.05) is 5.92 Å². The quantitative estimate of drug-likeness (QED) is 0.641. The molecule has 4 nitrogen and oxygen atoms in total. The van der Waals surface area contributed by atoms with Crippen LogP contribution in [0.25, 0.3) is 0 Å². The average molecular weight is 200 g/mol. The predicted octanol–water partition coefficient (Wildman–Crippen LogP) is 1.33. The molecule has 0 aromatic carbocycles. The Labute approximate surface area is 89.2 Å². The Morgan fingerprint density at radius 3 is 2.60 bits per heavy atom. The van der Waals surface area contributed by atoms with Gasteiger partial charge in [-0.05, 0) is 26.7 Å². The number of nitriles is 1. The second-order valence-corrected chi connectivity index (χ2v) is 4.10. The molecule has 15 heavy (non-hydrogen) atoms. The normalized spacial score (nSPS) is 10.0. The Morgan fingerprint density at radius 1 is 1.40 bits per heavy atom. The van der Waals surface area contributed by atoms with Crippen LogP contribution in [0.4, 0.5) is 5.82 Å². The van der Waals surface area contributed by atoms with E-state index in [4.69, 9.17) is 11.0 Å². The van der Waals surface area contributed by atoms with Crippen molar-refractivity contribution in [3.63, 3.8) is 0 Å². The Kier molecular flexibility index (Phi) is 2.92. The van der Waals surface area contributed by atoms with Crippen LogP contribution in [0.1, 0.15) is 32.2 Å². The molecule has 76 valence electrons. The molecule has 0 atom stereocenters. The lowest BCUT2D eigenvalue weighted by atomic mass is 9.98. The minimum absolute atomic E-state index is 0.101. The van der Waals surface area contributed by atoms with E-state index < -0.39 is 0 Å². The molecular weight excluding hydrogens is 188 g/mol. The van der Waals surface area contributed by atoms with Gasteiger partial charge in [0.2, 0.25) is 0 Å². The first-order valence-electron chi connectivity index (χ1n) is 4.48. The van der Waals surface area contributed by atoms with Gasteiger partial charge in [0.1, 0.15) is 11.8 Å². The maximum absolute atomic E-state index is 8.69. The molecular formula is C11H12N4. The Hall–Kier alpha value is -2.07. The molecule has 2 N–H and O–H groups in total. The minimum Gasteiger partial charge on any atom is -0.381 e. The lowest BCUT2D eigenvalue weighted by molar-refractivity contribution is 0.571. The number of rotatable bonds is 0. The fraction of sp³-hybridized carbons (Fsp3) is 0.364. The van der Waals surface area contributed by atoms with Gasteiger partial charge in [-0.15, -0.1) is 0 Å². The van der Waals surface area contributed by atoms with Crippen molar-refractivity contribution in [2.24, 2.45) is 5.41 Å². The summed E-state index contributed by atoms with van der Waals surface area (Å²) in [6.45, 7) is 5.99. The van der Waals surface area contributed by atoms with Crippen LogP contribution in [-0.4, -0.2) is 9.97 Å². The Morgan fingerprint density at radius 2 is 2.07 bits per heavy atom. The smallest absolute Gasteiger partial charge is 0.184 e. The van der Waals surface area contributed by atoms with Gasteiger partial charge in [-0.25, -0.2) is 9.97 Å². The van der Waals surface area contributed by atoms with Gasteiger partial charge in [-0.2, -0.15) is 5.26 Å². The minimum atomic E-state index is -0.101. The van der Waals surface area contributed by atoms with E-state index in [9.17, 15) is 0 Å². The molecule has 1 aromatic rings. The van der Waals surface area contributed by atoms with E-state index >= 15 is 0 Å². The zero-order chi connectivity index (χ0) is 11.5. The zero-order valence-electron chi connectivity index (χ0n) is 9.00. The van der Waals surface area contributed by atoms with Crippen molar-refractivity contribution in [1.29, 1.82) is 5.26 Å². The highest BCUT2D eigenvalue weighted by molar-refractivity contribution is 5.45. The van der Waals surface area contributed by atoms with Crippen LogP contribution < -0.4 is 5.73 Å². The molecule has 1 heterocycles. The molecule has 0 saturated carbocycles. The first-order chi connectivity index (χ1) is 6.92. The van der Waals surface area contributed by atoms with Crippen LogP contribution >= 0.6 is 0 Å². The van der Waals surface area contributed by atoms with E-state index in [1.165, 1.54) is 6.20 Å². The summed E-state index contributed by atoms with van der Waals surface area (Å²) < 4.78 is 0. The average Bonchev–Trinajstić information content (AvgIpc) is 2.15. The van der Waals surface area contributed by atoms with Gasteiger partial charge >= 0.3 is 0 Å². The number of nitrogens with zero attached hydrogens (tertiary/aromatic N) is 3. The van der Waals surface area contributed by atoms with Gasteiger partial charge < -0.3 is 5.73 Å². The number of hydrogen-bond acceptors (Lipinski definition) is 4. The van der Waals surface area contributed by atoms with Crippen molar-refractivity contribution in [1.82, 2.24) is 9.97 Å². The summed E-state index contributed by atoms with van der Waals surface area (Å²) in [5, 5.41) is 8.69. The summed E-state index contributed by atoms with van der Waals surface area (Å²) in [6, 6.07) is 1.87. The highest BCUT2D eigenvalue weighted by Crippen LogP contribution is 2.10. The van der Waals surface area contributed by atoms with E-state index in [0.717, 1.165) is 0 Å². The van der Waals surface area contributed by atoms with Crippen molar-refractivity contribution >= 4 is 5.82 Å². The van der Waals surface area contributed by atoms with E-state index in [1.807, 2.05) is 26.8 Å². The maximum atomic E-state index is 8.69. The molecule has 0 bridgehead atoms. The van der Waals surface area contributed by atoms with Gasteiger partial charge in [0.15, 0.2) is 11.5 Å². The first-order valence-corrected chi connectivity index (χ1v) is 4.48. The molecule has 4 heteroatoms. The fourth-order valence-electron chi connectivity index (χ4n) is 0.792. The molecule has 0 aliphatic carbocycles. The van der Waals surface area contributed by atoms with Crippen LogP contribution in [0.15, 0.2) is 6.20 Å². The summed E-state index contributed by atoms with van der Waals surface area (Å²) in [4.78, 5) is 7.81. The van der Waals surface area contributed by atoms with Crippen LogP contribution in [-0.2, 0) is 0 Å². The molecule has 0 aliphatic heterocycles. The third kappa shape index (κ3) is 3.28. The second-order valence-electron chi connectivity index (χ2n) is 4.10. The van der Waals surface area contributed by atoms with E-state index in [0.29, 0.717) is 5.69 Å². The zero-order valence-corrected chi connectivity index (χ0v) is 9.00. The maximum Gasteiger partial charge on any atom is 0.184 e. The second kappa shape index (κ2) is 3.98. The number of anilines is 1. The SMILES string of the molecule is CC(C)(C)C#Cc1cnc(N)c(C#N)n1. The van der Waals surface area contributed by atoms with Crippen molar-refractivity contribution in [3.8, 4) is 17.9 Å². The molecule has 0 radical (unpaired) electrons. The summed E-state index contributed by atoms with van der Waals surface area (Å²) in [5.41, 5.74) is 5.93. The van der Waals surface area contributed by atoms with Crippen molar-refractivity contribution in [3.05, 3.63) is 17.6 Å². The molecule has 0 amide bonds. The van der Waals surface area contributed by atoms with Crippen LogP contribution in [0, 0.1) is 28.6 Å². The largest absolute Gasteiger partial charge is 0.381 e. The van der Waals surface area contributed by atoms with Gasteiger partial charge in [-0.3, -0.25) is 0 Å². The van der Waals surface area contributed by atoms with E-state index in [-0.39, 0.29) is 16.9 Å². The first kappa shape index (κ1) is 11.0. The topological polar surface area (TPSA) is 75.6 Å². The molecule has 0 saturated heterocycles. The van der Waals surface area contributed by atoms with Crippen molar-refractivity contribution in [2.75, 3.05) is 5.73 Å². The monoisotopic (exact) mass is 200 g/mol. The summed E-state index contributed by atoms with van der Waals surface area (Å²) in [5.74, 6) is 6.00. The van der Waals surface area contributed by atoms with E-state index in [1.54, 1.807) is 0 Å². The lowest BCUT2D eigenvalue weighted by Crippen LogP contribution is -2.02. The van der Waals surface area contributed by atoms with Crippen LogP contribution in [0.3, 0.4) is 0 Å². The summed E-state index contributed by atoms with van der Waals surface area (Å²) in [7, 11) is 0. The number of nitrogen functional groups attached to an aromatic ring is 1. The molecule has 0 fully saturated rings. The Balaban J connectivity index is 3.08. The molecule has 0 unspecified atom stereocenters. The van der Waals surface area contributed by atoms with Crippen LogP contribution in [0.2, 0.25) is 0 Å². The highest BCUT2D eigenvalue weighted by Gasteiger charge is 2.05. The summed E-state index contributed by atoms with van der Waals surface area (Å²) >= 11 is 0. The molecule has 1 rings (SSSR count). The van der Waals surface area contributed by atoms with Crippen molar-refractivity contribution in [2.45, 2.75) is 20.8 Å². The lowest BCUT2D eigenvalue weighted by Gasteiger charge is -2.06. The molecule has 1 aromatic heterocycles. The third-order valence-corrected chi connectivity index (χ3v) is 1.47. The molecule has 0 spiro atoms. The standard InChI is InChI=1S/C11H12N4/c1-11(2,3)5-4-8-7-14-10(13)9(6-12)15-8/h7H,1-3H3,(H2,13,14).